The highest BCUT2D eigenvalue weighted by Crippen LogP contribution is 2.45. The van der Waals surface area contributed by atoms with Crippen molar-refractivity contribution in [3.05, 3.63) is 46.9 Å². The van der Waals surface area contributed by atoms with Gasteiger partial charge in [0.25, 0.3) is 0 Å². The second kappa shape index (κ2) is 4.98. The molecule has 5 nitrogen and oxygen atoms in total. The van der Waals surface area contributed by atoms with Crippen molar-refractivity contribution in [3.63, 3.8) is 0 Å². The van der Waals surface area contributed by atoms with E-state index in [1.54, 1.807) is 0 Å². The number of nitrogens with zero attached hydrogens (tertiary/aromatic N) is 2. The molecule has 1 N–H and O–H groups in total. The van der Waals surface area contributed by atoms with Gasteiger partial charge >= 0.3 is 0 Å². The van der Waals surface area contributed by atoms with Crippen molar-refractivity contribution in [2.75, 3.05) is 0 Å². The summed E-state index contributed by atoms with van der Waals surface area (Å²) in [6.07, 6.45) is 2.04. The Balaban J connectivity index is 2.01. The second-order valence-electron chi connectivity index (χ2n) is 6.16. The average molecular weight is 310 g/mol. The number of carbonyl (C=O) groups is 1. The maximum atomic E-state index is 12.5. The lowest BCUT2D eigenvalue weighted by Gasteiger charge is -2.15. The molecule has 1 aromatic heterocycles. The van der Waals surface area contributed by atoms with Crippen LogP contribution >= 0.6 is 0 Å². The van der Waals surface area contributed by atoms with Gasteiger partial charge in [-0.05, 0) is 25.0 Å². The quantitative estimate of drug-likeness (QED) is 0.648. The summed E-state index contributed by atoms with van der Waals surface area (Å²) in [5, 5.41) is 13.8. The number of hydrogen-bond acceptors (Lipinski definition) is 4. The lowest BCUT2D eigenvalue weighted by Crippen LogP contribution is -2.17. The molecular weight excluding hydrogens is 292 g/mol. The van der Waals surface area contributed by atoms with Gasteiger partial charge in [0.1, 0.15) is 5.76 Å². The van der Waals surface area contributed by atoms with E-state index < -0.39 is 5.92 Å². The van der Waals surface area contributed by atoms with Crippen molar-refractivity contribution < 1.29 is 14.7 Å². The zero-order valence-electron chi connectivity index (χ0n) is 13.2. The Hall–Kier alpha value is -2.56. The summed E-state index contributed by atoms with van der Waals surface area (Å²) >= 11 is 0. The molecule has 0 bridgehead atoms. The Morgan fingerprint density at radius 2 is 2.09 bits per heavy atom. The number of Topliss-reactive ketones (excluding diaryl/α,β-unsaturated/α-hetero) is 1. The van der Waals surface area contributed by atoms with Gasteiger partial charge in [-0.1, -0.05) is 23.4 Å². The predicted octanol–water partition coefficient (Wildman–Crippen LogP) is 3.40. The molecule has 2 aromatic rings. The van der Waals surface area contributed by atoms with Gasteiger partial charge in [0.2, 0.25) is 5.90 Å². The molecule has 1 unspecified atom stereocenters. The van der Waals surface area contributed by atoms with Crippen molar-refractivity contribution >= 4 is 22.6 Å². The first-order valence-electron chi connectivity index (χ1n) is 7.83. The third-order valence-corrected chi connectivity index (χ3v) is 5.01. The molecule has 1 aliphatic carbocycles. The van der Waals surface area contributed by atoms with Gasteiger partial charge in [-0.2, -0.15) is 0 Å². The van der Waals surface area contributed by atoms with Crippen LogP contribution < -0.4 is 0 Å². The molecule has 2 heterocycles. The number of aromatic nitrogens is 1. The minimum absolute atomic E-state index is 0.0993. The monoisotopic (exact) mass is 310 g/mol. The number of oxime groups is 1. The molecule has 0 saturated heterocycles. The molecule has 1 aliphatic heterocycles. The minimum atomic E-state index is -0.408. The number of hydrogen-bond donors (Lipinski definition) is 1. The highest BCUT2D eigenvalue weighted by Gasteiger charge is 2.42. The maximum absolute atomic E-state index is 12.5. The zero-order valence-corrected chi connectivity index (χ0v) is 13.2. The van der Waals surface area contributed by atoms with Crippen LogP contribution in [0.5, 0.6) is 0 Å². The Morgan fingerprint density at radius 3 is 2.87 bits per heavy atom. The first-order valence-corrected chi connectivity index (χ1v) is 7.83. The Labute approximate surface area is 133 Å². The van der Waals surface area contributed by atoms with Crippen LogP contribution in [0.3, 0.4) is 0 Å². The molecule has 0 fully saturated rings. The van der Waals surface area contributed by atoms with E-state index >= 15 is 0 Å². The molecule has 1 aromatic carbocycles. The lowest BCUT2D eigenvalue weighted by molar-refractivity contribution is -0.116. The van der Waals surface area contributed by atoms with Crippen LogP contribution in [-0.4, -0.2) is 21.5 Å². The average Bonchev–Trinajstić information content (AvgIpc) is 3.05. The summed E-state index contributed by atoms with van der Waals surface area (Å²) in [6.45, 7) is 2.02. The molecule has 0 amide bonds. The van der Waals surface area contributed by atoms with Crippen molar-refractivity contribution in [2.24, 2.45) is 12.2 Å². The summed E-state index contributed by atoms with van der Waals surface area (Å²) in [5.74, 6) is 0.576. The SMILES string of the molecule is Cc1c(C2C(=NO)OC3=C2C(=O)CCC3)c2ccccc2n1C. The van der Waals surface area contributed by atoms with Crippen molar-refractivity contribution in [2.45, 2.75) is 32.1 Å². The van der Waals surface area contributed by atoms with Crippen LogP contribution in [0.25, 0.3) is 10.9 Å². The first-order chi connectivity index (χ1) is 11.1. The number of rotatable bonds is 1. The normalized spacial score (nSPS) is 22.8. The Morgan fingerprint density at radius 1 is 1.30 bits per heavy atom. The van der Waals surface area contributed by atoms with E-state index in [9.17, 15) is 10.0 Å². The van der Waals surface area contributed by atoms with Gasteiger partial charge in [-0.3, -0.25) is 4.79 Å². The highest BCUT2D eigenvalue weighted by atomic mass is 16.5. The van der Waals surface area contributed by atoms with Crippen LogP contribution in [-0.2, 0) is 16.6 Å². The Bertz CT molecular complexity index is 889. The van der Waals surface area contributed by atoms with Crippen molar-refractivity contribution in [1.82, 2.24) is 4.57 Å². The van der Waals surface area contributed by atoms with Gasteiger partial charge in [-0.25, -0.2) is 0 Å². The van der Waals surface area contributed by atoms with E-state index in [1.807, 2.05) is 32.2 Å². The third kappa shape index (κ3) is 1.86. The number of allylic oxidation sites excluding steroid dienone is 1. The first kappa shape index (κ1) is 14.1. The molecule has 1 atom stereocenters. The highest BCUT2D eigenvalue weighted by molar-refractivity contribution is 6.09. The van der Waals surface area contributed by atoms with E-state index in [0.29, 0.717) is 17.8 Å². The van der Waals surface area contributed by atoms with Gasteiger partial charge in [0, 0.05) is 36.5 Å². The minimum Gasteiger partial charge on any atom is -0.443 e. The second-order valence-corrected chi connectivity index (χ2v) is 6.16. The third-order valence-electron chi connectivity index (χ3n) is 5.01. The van der Waals surface area contributed by atoms with E-state index in [1.165, 1.54) is 0 Å². The van der Waals surface area contributed by atoms with E-state index in [-0.39, 0.29) is 11.7 Å². The van der Waals surface area contributed by atoms with E-state index in [4.69, 9.17) is 4.74 Å². The number of fused-ring (bicyclic) bond motifs is 1. The number of ether oxygens (including phenoxy) is 1. The molecule has 0 radical (unpaired) electrons. The fourth-order valence-corrected chi connectivity index (χ4v) is 3.83. The molecule has 2 aliphatic rings. The van der Waals surface area contributed by atoms with Gasteiger partial charge < -0.3 is 14.5 Å². The summed E-state index contributed by atoms with van der Waals surface area (Å²) in [4.78, 5) is 12.5. The molecule has 118 valence electrons. The van der Waals surface area contributed by atoms with Crippen LogP contribution in [0.1, 0.15) is 36.4 Å². The largest absolute Gasteiger partial charge is 0.443 e. The summed E-state index contributed by atoms with van der Waals surface area (Å²) < 4.78 is 7.82. The van der Waals surface area contributed by atoms with Gasteiger partial charge in [-0.15, -0.1) is 0 Å². The maximum Gasteiger partial charge on any atom is 0.243 e. The molecule has 0 spiro atoms. The van der Waals surface area contributed by atoms with Crippen LogP contribution in [0.4, 0.5) is 0 Å². The van der Waals surface area contributed by atoms with Crippen LogP contribution in [0.2, 0.25) is 0 Å². The van der Waals surface area contributed by atoms with Gasteiger partial charge in [0.05, 0.1) is 11.5 Å². The van der Waals surface area contributed by atoms with Crippen LogP contribution in [0.15, 0.2) is 40.8 Å². The smallest absolute Gasteiger partial charge is 0.243 e. The summed E-state index contributed by atoms with van der Waals surface area (Å²) in [5.41, 5.74) is 3.81. The Kier molecular flexibility index (Phi) is 3.04. The standard InChI is InChI=1S/C18H18N2O3/c1-10-15(11-6-3-4-7-12(11)20(10)2)17-16-13(21)8-5-9-14(16)23-18(17)19-22/h3-4,6-7,17,22H,5,8-9H2,1-2H3. The van der Waals surface area contributed by atoms with Gasteiger partial charge in [0.15, 0.2) is 5.78 Å². The molecule has 4 rings (SSSR count). The van der Waals surface area contributed by atoms with Crippen molar-refractivity contribution in [1.29, 1.82) is 0 Å². The number of aryl methyl sites for hydroxylation is 1. The summed E-state index contributed by atoms with van der Waals surface area (Å²) in [7, 11) is 2.00. The molecule has 23 heavy (non-hydrogen) atoms. The van der Waals surface area contributed by atoms with Crippen LogP contribution in [0, 0.1) is 6.92 Å². The molecule has 0 saturated carbocycles. The van der Waals surface area contributed by atoms with E-state index in [0.717, 1.165) is 35.0 Å². The number of benzene rings is 1. The summed E-state index contributed by atoms with van der Waals surface area (Å²) in [6, 6.07) is 8.07. The number of carbonyl (C=O) groups excluding carboxylic acids is 1. The zero-order chi connectivity index (χ0) is 16.1. The molecular formula is C18H18N2O3. The predicted molar refractivity (Wildman–Crippen MR) is 86.6 cm³/mol. The number of para-hydroxylation sites is 1. The topological polar surface area (TPSA) is 63.8 Å². The van der Waals surface area contributed by atoms with E-state index in [2.05, 4.69) is 15.8 Å². The fourth-order valence-electron chi connectivity index (χ4n) is 3.83. The fraction of sp³-hybridized carbons (Fsp3) is 0.333. The lowest BCUT2D eigenvalue weighted by atomic mass is 9.83. The molecule has 5 heteroatoms. The van der Waals surface area contributed by atoms with Crippen molar-refractivity contribution in [3.8, 4) is 0 Å². The number of ketones is 1.